The Balaban J connectivity index is 1.84. The Labute approximate surface area is 121 Å². The van der Waals surface area contributed by atoms with Crippen LogP contribution >= 0.6 is 0 Å². The molecule has 1 heterocycles. The molecule has 0 aromatic heterocycles. The lowest BCUT2D eigenvalue weighted by Crippen LogP contribution is -2.70. The second-order valence-corrected chi connectivity index (χ2v) is 4.68. The maximum atomic E-state index is 12.2. The number of nitrogens with zero attached hydrogens (tertiary/aromatic N) is 1. The Kier molecular flexibility index (Phi) is 3.31. The van der Waals surface area contributed by atoms with Crippen LogP contribution in [0.15, 0.2) is 60.7 Å². The van der Waals surface area contributed by atoms with Gasteiger partial charge >= 0.3 is 5.97 Å². The van der Waals surface area contributed by atoms with Crippen molar-refractivity contribution in [1.29, 1.82) is 0 Å². The van der Waals surface area contributed by atoms with E-state index in [2.05, 4.69) is 0 Å². The van der Waals surface area contributed by atoms with Crippen molar-refractivity contribution in [2.24, 2.45) is 0 Å². The van der Waals surface area contributed by atoms with Crippen molar-refractivity contribution in [3.05, 3.63) is 60.7 Å². The fourth-order valence-electron chi connectivity index (χ4n) is 2.34. The summed E-state index contributed by atoms with van der Waals surface area (Å²) in [6, 6.07) is 16.4. The quantitative estimate of drug-likeness (QED) is 0.871. The summed E-state index contributed by atoms with van der Waals surface area (Å²) in [7, 11) is 0. The van der Waals surface area contributed by atoms with Gasteiger partial charge in [-0.15, -0.1) is 0 Å². The van der Waals surface area contributed by atoms with Gasteiger partial charge in [-0.3, -0.25) is 9.69 Å². The highest BCUT2D eigenvalue weighted by atomic mass is 16.5. The Hall–Kier alpha value is -2.82. The van der Waals surface area contributed by atoms with Crippen LogP contribution in [0.1, 0.15) is 0 Å². The average Bonchev–Trinajstić information content (AvgIpc) is 2.51. The first-order valence-corrected chi connectivity index (χ1v) is 6.51. The molecule has 0 spiro atoms. The molecular weight excluding hydrogens is 270 g/mol. The van der Waals surface area contributed by atoms with Gasteiger partial charge in [-0.05, 0) is 24.3 Å². The molecule has 0 bridgehead atoms. The molecule has 2 atom stereocenters. The van der Waals surface area contributed by atoms with Crippen LogP contribution in [0, 0.1) is 0 Å². The number of hydrogen-bond donors (Lipinski definition) is 1. The molecule has 5 nitrogen and oxygen atoms in total. The van der Waals surface area contributed by atoms with E-state index in [1.54, 1.807) is 48.5 Å². The standard InChI is InChI=1S/C16H13NO4/c18-15-14(21-12-9-5-2-6-10-12)13(16(19)20)17(15)11-7-3-1-4-8-11/h1-10,13-14H,(H,19,20)/t13-,14-/m1/s1. The molecule has 0 unspecified atom stereocenters. The minimum atomic E-state index is -1.08. The average molecular weight is 283 g/mol. The van der Waals surface area contributed by atoms with Crippen molar-refractivity contribution in [3.8, 4) is 5.75 Å². The van der Waals surface area contributed by atoms with Gasteiger partial charge in [0, 0.05) is 5.69 Å². The van der Waals surface area contributed by atoms with Crippen LogP contribution in [0.3, 0.4) is 0 Å². The number of carboxylic acid groups (broad SMARTS) is 1. The zero-order chi connectivity index (χ0) is 14.8. The first-order valence-electron chi connectivity index (χ1n) is 6.51. The van der Waals surface area contributed by atoms with E-state index >= 15 is 0 Å². The molecule has 1 amide bonds. The van der Waals surface area contributed by atoms with Gasteiger partial charge in [0.25, 0.3) is 5.91 Å². The van der Waals surface area contributed by atoms with Gasteiger partial charge in [0.1, 0.15) is 5.75 Å². The summed E-state index contributed by atoms with van der Waals surface area (Å²) in [5.74, 6) is -0.952. The second-order valence-electron chi connectivity index (χ2n) is 4.68. The molecule has 21 heavy (non-hydrogen) atoms. The highest BCUT2D eigenvalue weighted by molar-refractivity contribution is 6.12. The van der Waals surface area contributed by atoms with Gasteiger partial charge < -0.3 is 9.84 Å². The van der Waals surface area contributed by atoms with Gasteiger partial charge in [-0.2, -0.15) is 0 Å². The Morgan fingerprint density at radius 3 is 2.14 bits per heavy atom. The SMILES string of the molecule is O=C(O)[C@H]1[C@@H](Oc2ccccc2)C(=O)N1c1ccccc1. The highest BCUT2D eigenvalue weighted by Gasteiger charge is 2.54. The number of benzene rings is 2. The number of carbonyl (C=O) groups excluding carboxylic acids is 1. The summed E-state index contributed by atoms with van der Waals surface area (Å²) in [5, 5.41) is 9.36. The second kappa shape index (κ2) is 5.28. The fourth-order valence-corrected chi connectivity index (χ4v) is 2.34. The largest absolute Gasteiger partial charge is 0.480 e. The van der Waals surface area contributed by atoms with E-state index in [1.807, 2.05) is 12.1 Å². The number of rotatable bonds is 4. The Morgan fingerprint density at radius 1 is 1.00 bits per heavy atom. The van der Waals surface area contributed by atoms with Crippen molar-refractivity contribution in [3.63, 3.8) is 0 Å². The minimum absolute atomic E-state index is 0.350. The maximum Gasteiger partial charge on any atom is 0.331 e. The lowest BCUT2D eigenvalue weighted by atomic mass is 9.96. The Bertz CT molecular complexity index is 656. The van der Waals surface area contributed by atoms with Crippen LogP contribution in [0.5, 0.6) is 5.75 Å². The predicted molar refractivity (Wildman–Crippen MR) is 76.2 cm³/mol. The number of hydrogen-bond acceptors (Lipinski definition) is 3. The molecule has 2 aromatic rings. The summed E-state index contributed by atoms with van der Waals surface area (Å²) in [5.41, 5.74) is 0.558. The molecule has 1 saturated heterocycles. The van der Waals surface area contributed by atoms with Gasteiger partial charge in [0.15, 0.2) is 6.04 Å². The third kappa shape index (κ3) is 2.33. The van der Waals surface area contributed by atoms with Crippen LogP contribution in [0.2, 0.25) is 0 Å². The number of β-lactam (4-membered cyclic amide) rings is 1. The van der Waals surface area contributed by atoms with Crippen LogP contribution in [-0.2, 0) is 9.59 Å². The molecule has 1 aliphatic heterocycles. The molecule has 1 aliphatic rings. The summed E-state index contributed by atoms with van der Waals surface area (Å²) in [6.45, 7) is 0. The van der Waals surface area contributed by atoms with Crippen LogP contribution in [0.25, 0.3) is 0 Å². The van der Waals surface area contributed by atoms with Crippen molar-refractivity contribution in [2.75, 3.05) is 4.90 Å². The minimum Gasteiger partial charge on any atom is -0.480 e. The summed E-state index contributed by atoms with van der Waals surface area (Å²) in [4.78, 5) is 24.9. The number of anilines is 1. The van der Waals surface area contributed by atoms with Crippen molar-refractivity contribution < 1.29 is 19.4 Å². The highest BCUT2D eigenvalue weighted by Crippen LogP contribution is 2.31. The number of ether oxygens (including phenoxy) is 1. The molecule has 0 aliphatic carbocycles. The zero-order valence-corrected chi connectivity index (χ0v) is 11.0. The Morgan fingerprint density at radius 2 is 1.57 bits per heavy atom. The molecule has 2 aromatic carbocycles. The van der Waals surface area contributed by atoms with E-state index < -0.39 is 18.1 Å². The van der Waals surface area contributed by atoms with Crippen LogP contribution in [-0.4, -0.2) is 29.1 Å². The van der Waals surface area contributed by atoms with Gasteiger partial charge in [-0.1, -0.05) is 36.4 Å². The van der Waals surface area contributed by atoms with E-state index in [1.165, 1.54) is 4.90 Å². The van der Waals surface area contributed by atoms with Crippen molar-refractivity contribution in [2.45, 2.75) is 12.1 Å². The van der Waals surface area contributed by atoms with E-state index in [0.29, 0.717) is 11.4 Å². The normalized spacial score (nSPS) is 20.8. The molecule has 3 rings (SSSR count). The number of aliphatic carboxylic acids is 1. The van der Waals surface area contributed by atoms with Crippen molar-refractivity contribution in [1.82, 2.24) is 0 Å². The number of carbonyl (C=O) groups is 2. The van der Waals surface area contributed by atoms with Gasteiger partial charge in [0.2, 0.25) is 6.10 Å². The molecular formula is C16H13NO4. The first kappa shape index (κ1) is 13.2. The summed E-state index contributed by atoms with van der Waals surface area (Å²) >= 11 is 0. The third-order valence-corrected chi connectivity index (χ3v) is 3.34. The van der Waals surface area contributed by atoms with Crippen LogP contribution < -0.4 is 9.64 Å². The molecule has 106 valence electrons. The zero-order valence-electron chi connectivity index (χ0n) is 11.0. The smallest absolute Gasteiger partial charge is 0.331 e. The lowest BCUT2D eigenvalue weighted by Gasteiger charge is -2.43. The molecule has 1 fully saturated rings. The topological polar surface area (TPSA) is 66.8 Å². The first-order chi connectivity index (χ1) is 10.2. The maximum absolute atomic E-state index is 12.2. The van der Waals surface area contributed by atoms with Crippen LogP contribution in [0.4, 0.5) is 5.69 Å². The molecule has 0 radical (unpaired) electrons. The van der Waals surface area contributed by atoms with E-state index in [9.17, 15) is 14.7 Å². The number of para-hydroxylation sites is 2. The van der Waals surface area contributed by atoms with Gasteiger partial charge in [-0.25, -0.2) is 4.79 Å². The van der Waals surface area contributed by atoms with Crippen molar-refractivity contribution >= 4 is 17.6 Å². The van der Waals surface area contributed by atoms with E-state index in [4.69, 9.17) is 4.74 Å². The van der Waals surface area contributed by atoms with E-state index in [0.717, 1.165) is 0 Å². The fraction of sp³-hybridized carbons (Fsp3) is 0.125. The summed E-state index contributed by atoms with van der Waals surface area (Å²) < 4.78 is 5.52. The number of carboxylic acids is 1. The lowest BCUT2D eigenvalue weighted by molar-refractivity contribution is -0.152. The molecule has 1 N–H and O–H groups in total. The summed E-state index contributed by atoms with van der Waals surface area (Å²) in [6.07, 6.45) is -0.995. The monoisotopic (exact) mass is 283 g/mol. The molecule has 5 heteroatoms. The number of amides is 1. The third-order valence-electron chi connectivity index (χ3n) is 3.34. The van der Waals surface area contributed by atoms with E-state index in [-0.39, 0.29) is 5.91 Å². The van der Waals surface area contributed by atoms with Gasteiger partial charge in [0.05, 0.1) is 0 Å². The predicted octanol–water partition coefficient (Wildman–Crippen LogP) is 1.93. The molecule has 0 saturated carbocycles.